The highest BCUT2D eigenvalue weighted by Crippen LogP contribution is 2.49. The molecule has 2 aliphatic rings. The first-order chi connectivity index (χ1) is 18.8. The largest absolute Gasteiger partial charge is 0.478 e. The lowest BCUT2D eigenvalue weighted by atomic mass is 9.95. The average Bonchev–Trinajstić information content (AvgIpc) is 3.64. The summed E-state index contributed by atoms with van der Waals surface area (Å²) in [6, 6.07) is 24.1. The van der Waals surface area contributed by atoms with Gasteiger partial charge >= 0.3 is 5.97 Å². The SMILES string of the molecule is O=C(O)c1ccc(N2C(=O)[C@@H]3[C@@H](ON(c4ccccc4)[C@H]3c3ccc(-c4ccc([N+](=O)[O-])cc4)s3)C2=O)cc1. The van der Waals surface area contributed by atoms with Crippen LogP contribution in [-0.4, -0.2) is 33.9 Å². The summed E-state index contributed by atoms with van der Waals surface area (Å²) in [5, 5.41) is 21.8. The highest BCUT2D eigenvalue weighted by molar-refractivity contribution is 7.15. The fraction of sp³-hybridized carbons (Fsp3) is 0.107. The number of nitrogens with zero attached hydrogens (tertiary/aromatic N) is 3. The van der Waals surface area contributed by atoms with Crippen LogP contribution in [-0.2, 0) is 14.4 Å². The van der Waals surface area contributed by atoms with E-state index in [-0.39, 0.29) is 16.9 Å². The van der Waals surface area contributed by atoms with Gasteiger partial charge < -0.3 is 5.11 Å². The number of amides is 2. The second-order valence-corrected chi connectivity index (χ2v) is 10.1. The van der Waals surface area contributed by atoms with Crippen LogP contribution in [0.25, 0.3) is 10.4 Å². The van der Waals surface area contributed by atoms with Crippen molar-refractivity contribution in [3.05, 3.63) is 112 Å². The van der Waals surface area contributed by atoms with Gasteiger partial charge in [0.2, 0.25) is 5.91 Å². The summed E-state index contributed by atoms with van der Waals surface area (Å²) < 4.78 is 0. The Morgan fingerprint density at radius 3 is 2.21 bits per heavy atom. The molecule has 2 saturated heterocycles. The summed E-state index contributed by atoms with van der Waals surface area (Å²) in [6.07, 6.45) is -1.06. The molecule has 0 aliphatic carbocycles. The molecule has 0 spiro atoms. The number of anilines is 2. The van der Waals surface area contributed by atoms with Gasteiger partial charge in [0.1, 0.15) is 12.0 Å². The number of imide groups is 1. The van der Waals surface area contributed by atoms with Crippen LogP contribution in [0.3, 0.4) is 0 Å². The molecular weight excluding hydrogens is 522 g/mol. The number of hydrogen-bond acceptors (Lipinski definition) is 8. The maximum Gasteiger partial charge on any atom is 0.335 e. The van der Waals surface area contributed by atoms with Crippen molar-refractivity contribution in [1.29, 1.82) is 0 Å². The minimum Gasteiger partial charge on any atom is -0.478 e. The van der Waals surface area contributed by atoms with E-state index in [4.69, 9.17) is 4.84 Å². The molecule has 2 aliphatic heterocycles. The van der Waals surface area contributed by atoms with Gasteiger partial charge in [-0.25, -0.2) is 14.8 Å². The smallest absolute Gasteiger partial charge is 0.335 e. The van der Waals surface area contributed by atoms with E-state index in [1.807, 2.05) is 42.5 Å². The monoisotopic (exact) mass is 541 g/mol. The molecular formula is C28H19N3O7S. The quantitative estimate of drug-likeness (QED) is 0.203. The highest BCUT2D eigenvalue weighted by atomic mass is 32.1. The molecule has 2 fully saturated rings. The first kappa shape index (κ1) is 24.5. The molecule has 0 radical (unpaired) electrons. The predicted octanol–water partition coefficient (Wildman–Crippen LogP) is 5.07. The number of nitro benzene ring substituents is 1. The second kappa shape index (κ2) is 9.46. The van der Waals surface area contributed by atoms with Crippen LogP contribution in [0.2, 0.25) is 0 Å². The first-order valence-corrected chi connectivity index (χ1v) is 12.7. The minimum absolute atomic E-state index is 0.00985. The molecule has 0 saturated carbocycles. The Labute approximate surface area is 225 Å². The first-order valence-electron chi connectivity index (χ1n) is 11.9. The van der Waals surface area contributed by atoms with Gasteiger partial charge in [0.05, 0.1) is 21.9 Å². The summed E-state index contributed by atoms with van der Waals surface area (Å²) in [7, 11) is 0. The number of carboxylic acid groups (broad SMARTS) is 1. The molecule has 0 bridgehead atoms. The Hall–Kier alpha value is -4.87. The van der Waals surface area contributed by atoms with Crippen molar-refractivity contribution in [3.63, 3.8) is 0 Å². The number of thiophene rings is 1. The normalized spacial score (nSPS) is 20.4. The Morgan fingerprint density at radius 1 is 0.872 bits per heavy atom. The van der Waals surface area contributed by atoms with Gasteiger partial charge in [0, 0.05) is 21.9 Å². The van der Waals surface area contributed by atoms with Crippen LogP contribution < -0.4 is 9.96 Å². The summed E-state index contributed by atoms with van der Waals surface area (Å²) in [5.74, 6) is -2.92. The van der Waals surface area contributed by atoms with Gasteiger partial charge in [0.15, 0.2) is 6.10 Å². The highest BCUT2D eigenvalue weighted by Gasteiger charge is 2.60. The number of rotatable bonds is 6. The molecule has 3 heterocycles. The van der Waals surface area contributed by atoms with E-state index in [9.17, 15) is 29.6 Å². The van der Waals surface area contributed by atoms with Crippen LogP contribution in [0.1, 0.15) is 21.3 Å². The molecule has 10 nitrogen and oxygen atoms in total. The molecule has 4 aromatic rings. The van der Waals surface area contributed by atoms with Crippen LogP contribution in [0.4, 0.5) is 17.1 Å². The van der Waals surface area contributed by atoms with Gasteiger partial charge in [-0.3, -0.25) is 24.5 Å². The lowest BCUT2D eigenvalue weighted by Crippen LogP contribution is -2.37. The topological polar surface area (TPSA) is 130 Å². The maximum absolute atomic E-state index is 13.8. The lowest BCUT2D eigenvalue weighted by Gasteiger charge is -2.27. The average molecular weight is 542 g/mol. The molecule has 0 unspecified atom stereocenters. The molecule has 194 valence electrons. The standard InChI is InChI=1S/C28H19N3O7S/c32-26-23-24(22-15-14-21(39-22)16-6-12-20(13-7-16)31(36)37)30(19-4-2-1-3-5-19)38-25(23)27(33)29(26)18-10-8-17(9-11-18)28(34)35/h1-15,23-25H,(H,34,35)/t23-,24-,25+/m0/s1. The molecule has 39 heavy (non-hydrogen) atoms. The van der Waals surface area contributed by atoms with E-state index < -0.39 is 40.8 Å². The third kappa shape index (κ3) is 4.13. The maximum atomic E-state index is 13.8. The zero-order valence-electron chi connectivity index (χ0n) is 20.0. The third-order valence-corrected chi connectivity index (χ3v) is 7.98. The molecule has 3 atom stereocenters. The van der Waals surface area contributed by atoms with Crippen molar-refractivity contribution in [3.8, 4) is 10.4 Å². The Kier molecular flexibility index (Phi) is 5.93. The van der Waals surface area contributed by atoms with Crippen molar-refractivity contribution in [2.24, 2.45) is 5.92 Å². The molecule has 3 aromatic carbocycles. The van der Waals surface area contributed by atoms with E-state index >= 15 is 0 Å². The summed E-state index contributed by atoms with van der Waals surface area (Å²) in [4.78, 5) is 57.9. The van der Waals surface area contributed by atoms with Crippen molar-refractivity contribution >= 4 is 46.2 Å². The number of aromatic carboxylic acids is 1. The number of fused-ring (bicyclic) bond motifs is 1. The van der Waals surface area contributed by atoms with E-state index in [0.29, 0.717) is 5.69 Å². The molecule has 1 aromatic heterocycles. The van der Waals surface area contributed by atoms with Crippen LogP contribution in [0.15, 0.2) is 91.0 Å². The second-order valence-electron chi connectivity index (χ2n) is 9.03. The number of carboxylic acids is 1. The zero-order valence-corrected chi connectivity index (χ0v) is 20.9. The van der Waals surface area contributed by atoms with E-state index in [1.165, 1.54) is 47.7 Å². The fourth-order valence-corrected chi connectivity index (χ4v) is 6.07. The molecule has 11 heteroatoms. The number of nitro groups is 1. The Balaban J connectivity index is 1.37. The van der Waals surface area contributed by atoms with Crippen molar-refractivity contribution in [1.82, 2.24) is 0 Å². The van der Waals surface area contributed by atoms with Crippen LogP contribution in [0.5, 0.6) is 0 Å². The van der Waals surface area contributed by atoms with Gasteiger partial charge in [0.25, 0.3) is 11.6 Å². The molecule has 2 amide bonds. The molecule has 1 N–H and O–H groups in total. The third-order valence-electron chi connectivity index (χ3n) is 6.78. The number of non-ortho nitro benzene ring substituents is 1. The fourth-order valence-electron chi connectivity index (χ4n) is 4.92. The number of para-hydroxylation sites is 1. The van der Waals surface area contributed by atoms with E-state index in [2.05, 4.69) is 0 Å². The van der Waals surface area contributed by atoms with Crippen LogP contribution in [0, 0.1) is 16.0 Å². The van der Waals surface area contributed by atoms with Gasteiger partial charge in [-0.2, -0.15) is 0 Å². The lowest BCUT2D eigenvalue weighted by molar-refractivity contribution is -0.384. The van der Waals surface area contributed by atoms with Gasteiger partial charge in [-0.1, -0.05) is 18.2 Å². The van der Waals surface area contributed by atoms with Crippen molar-refractivity contribution in [2.45, 2.75) is 12.1 Å². The van der Waals surface area contributed by atoms with E-state index in [0.717, 1.165) is 20.2 Å². The Bertz CT molecular complexity index is 1600. The Morgan fingerprint density at radius 2 is 1.56 bits per heavy atom. The van der Waals surface area contributed by atoms with Gasteiger partial charge in [-0.05, 0) is 66.2 Å². The number of benzene rings is 3. The minimum atomic E-state index is -1.11. The zero-order chi connectivity index (χ0) is 27.3. The molecule has 6 rings (SSSR count). The van der Waals surface area contributed by atoms with Gasteiger partial charge in [-0.15, -0.1) is 11.3 Å². The van der Waals surface area contributed by atoms with Crippen molar-refractivity contribution in [2.75, 3.05) is 9.96 Å². The number of carbonyl (C=O) groups is 3. The number of hydroxylamine groups is 1. The summed E-state index contributed by atoms with van der Waals surface area (Å²) in [5.41, 5.74) is 1.77. The number of hydrogen-bond donors (Lipinski definition) is 1. The predicted molar refractivity (Wildman–Crippen MR) is 142 cm³/mol. The van der Waals surface area contributed by atoms with Crippen LogP contribution >= 0.6 is 11.3 Å². The van der Waals surface area contributed by atoms with Crippen molar-refractivity contribution < 1.29 is 29.3 Å². The summed E-state index contributed by atoms with van der Waals surface area (Å²) >= 11 is 1.41. The van der Waals surface area contributed by atoms with E-state index in [1.54, 1.807) is 17.2 Å². The summed E-state index contributed by atoms with van der Waals surface area (Å²) in [6.45, 7) is 0. The number of carbonyl (C=O) groups excluding carboxylic acids is 2.